The number of hydrogen-bond donors (Lipinski definition) is 1. The third-order valence-electron chi connectivity index (χ3n) is 6.53. The van der Waals surface area contributed by atoms with Crippen molar-refractivity contribution in [2.75, 3.05) is 42.2 Å². The summed E-state index contributed by atoms with van der Waals surface area (Å²) in [5.74, 6) is 0.552. The van der Waals surface area contributed by atoms with Crippen molar-refractivity contribution < 1.29 is 13.2 Å². The van der Waals surface area contributed by atoms with Crippen LogP contribution in [-0.2, 0) is 16.4 Å². The van der Waals surface area contributed by atoms with E-state index in [1.807, 2.05) is 42.7 Å². The maximum atomic E-state index is 12.7. The number of rotatable bonds is 6. The van der Waals surface area contributed by atoms with Gasteiger partial charge in [-0.3, -0.25) is 14.8 Å². The number of fused-ring (bicyclic) bond motifs is 1. The summed E-state index contributed by atoms with van der Waals surface area (Å²) in [4.78, 5) is 30.9. The van der Waals surface area contributed by atoms with Crippen LogP contribution in [0.2, 0.25) is 0 Å². The second-order valence-electron chi connectivity index (χ2n) is 9.15. The molecule has 0 bridgehead atoms. The minimum atomic E-state index is -3.42. The van der Waals surface area contributed by atoms with Crippen LogP contribution in [0.1, 0.15) is 21.6 Å². The summed E-state index contributed by atoms with van der Waals surface area (Å²) in [7, 11) is -3.42. The number of aromatic nitrogens is 3. The van der Waals surface area contributed by atoms with Crippen molar-refractivity contribution in [3.8, 4) is 0 Å². The van der Waals surface area contributed by atoms with Gasteiger partial charge in [0.1, 0.15) is 5.82 Å². The molecule has 37 heavy (non-hydrogen) atoms. The average Bonchev–Trinajstić information content (AvgIpc) is 2.91. The topological polar surface area (TPSA) is 108 Å². The number of aryl methyl sites for hydroxylation is 1. The van der Waals surface area contributed by atoms with Crippen LogP contribution in [0, 0.1) is 6.92 Å². The molecule has 3 aromatic heterocycles. The number of anilines is 2. The summed E-state index contributed by atoms with van der Waals surface area (Å²) in [6.45, 7) is 5.43. The SMILES string of the molecule is Cc1ccc(C(=O)NCc2cc3nc(N4CCN(c5ccncc5)CC4)ccc3cn2)cc1S(C)(=O)=O. The van der Waals surface area contributed by atoms with Crippen LogP contribution in [0.25, 0.3) is 10.9 Å². The Hall–Kier alpha value is -4.05. The van der Waals surface area contributed by atoms with Crippen molar-refractivity contribution in [3.63, 3.8) is 0 Å². The summed E-state index contributed by atoms with van der Waals surface area (Å²) >= 11 is 0. The highest BCUT2D eigenvalue weighted by molar-refractivity contribution is 7.90. The lowest BCUT2D eigenvalue weighted by Crippen LogP contribution is -2.46. The fourth-order valence-corrected chi connectivity index (χ4v) is 5.48. The maximum Gasteiger partial charge on any atom is 0.251 e. The Bertz CT molecular complexity index is 1550. The molecule has 9 nitrogen and oxygen atoms in total. The van der Waals surface area contributed by atoms with Gasteiger partial charge in [-0.25, -0.2) is 13.4 Å². The van der Waals surface area contributed by atoms with Crippen molar-refractivity contribution in [2.45, 2.75) is 18.4 Å². The summed E-state index contributed by atoms with van der Waals surface area (Å²) in [5, 5.41) is 3.75. The lowest BCUT2D eigenvalue weighted by Gasteiger charge is -2.36. The van der Waals surface area contributed by atoms with E-state index in [4.69, 9.17) is 4.98 Å². The largest absolute Gasteiger partial charge is 0.368 e. The molecule has 1 N–H and O–H groups in total. The van der Waals surface area contributed by atoms with Crippen LogP contribution >= 0.6 is 0 Å². The molecule has 0 saturated carbocycles. The summed E-state index contributed by atoms with van der Waals surface area (Å²) in [6.07, 6.45) is 6.52. The van der Waals surface area contributed by atoms with E-state index in [1.165, 1.54) is 11.8 Å². The predicted molar refractivity (Wildman–Crippen MR) is 144 cm³/mol. The number of piperazine rings is 1. The molecule has 1 saturated heterocycles. The molecule has 1 aromatic carbocycles. The van der Waals surface area contributed by atoms with Gasteiger partial charge in [0.15, 0.2) is 9.84 Å². The first kappa shape index (κ1) is 24.6. The van der Waals surface area contributed by atoms with Crippen molar-refractivity contribution in [1.82, 2.24) is 20.3 Å². The zero-order valence-electron chi connectivity index (χ0n) is 20.8. The maximum absolute atomic E-state index is 12.7. The van der Waals surface area contributed by atoms with Crippen molar-refractivity contribution >= 4 is 38.2 Å². The zero-order valence-corrected chi connectivity index (χ0v) is 21.6. The quantitative estimate of drug-likeness (QED) is 0.417. The molecule has 0 atom stereocenters. The van der Waals surface area contributed by atoms with E-state index < -0.39 is 9.84 Å². The molecule has 5 rings (SSSR count). The lowest BCUT2D eigenvalue weighted by atomic mass is 10.1. The van der Waals surface area contributed by atoms with Crippen LogP contribution in [0.15, 0.2) is 72.0 Å². The monoisotopic (exact) mass is 516 g/mol. The minimum absolute atomic E-state index is 0.155. The molecule has 1 amide bonds. The normalized spacial score (nSPS) is 14.1. The Morgan fingerprint density at radius 2 is 1.70 bits per heavy atom. The molecule has 4 heterocycles. The molecule has 0 aliphatic carbocycles. The van der Waals surface area contributed by atoms with E-state index in [1.54, 1.807) is 25.3 Å². The standard InChI is InChI=1S/C27H28N6O3S/c1-19-3-4-20(15-25(19)37(2,35)36)27(34)30-18-22-16-24-21(17-29-22)5-6-26(31-24)33-13-11-32(12-14-33)23-7-9-28-10-8-23/h3-10,15-17H,11-14,18H2,1-2H3,(H,30,34). The van der Waals surface area contributed by atoms with Gasteiger partial charge in [0.2, 0.25) is 0 Å². The first-order valence-electron chi connectivity index (χ1n) is 12.0. The van der Waals surface area contributed by atoms with Crippen LogP contribution in [-0.4, -0.2) is 61.7 Å². The van der Waals surface area contributed by atoms with Crippen molar-refractivity contribution in [2.24, 2.45) is 0 Å². The second-order valence-corrected chi connectivity index (χ2v) is 11.1. The van der Waals surface area contributed by atoms with E-state index in [9.17, 15) is 13.2 Å². The highest BCUT2D eigenvalue weighted by atomic mass is 32.2. The Kier molecular flexibility index (Phi) is 6.75. The molecule has 0 spiro atoms. The van der Waals surface area contributed by atoms with Gasteiger partial charge in [-0.15, -0.1) is 0 Å². The summed E-state index contributed by atoms with van der Waals surface area (Å²) in [5.41, 5.74) is 3.55. The molecule has 1 aliphatic heterocycles. The Morgan fingerprint density at radius 1 is 0.973 bits per heavy atom. The van der Waals surface area contributed by atoms with E-state index >= 15 is 0 Å². The van der Waals surface area contributed by atoms with Gasteiger partial charge >= 0.3 is 0 Å². The molecule has 4 aromatic rings. The fraction of sp³-hybridized carbons (Fsp3) is 0.259. The third kappa shape index (κ3) is 5.54. The lowest BCUT2D eigenvalue weighted by molar-refractivity contribution is 0.0950. The number of benzene rings is 1. The number of hydrogen-bond acceptors (Lipinski definition) is 8. The molecular weight excluding hydrogens is 488 g/mol. The number of carbonyl (C=O) groups excluding carboxylic acids is 1. The van der Waals surface area contributed by atoms with Gasteiger partial charge < -0.3 is 15.1 Å². The molecule has 1 aliphatic rings. The fourth-order valence-electron chi connectivity index (χ4n) is 4.48. The number of pyridine rings is 3. The highest BCUT2D eigenvalue weighted by Gasteiger charge is 2.19. The van der Waals surface area contributed by atoms with Crippen molar-refractivity contribution in [1.29, 1.82) is 0 Å². The smallest absolute Gasteiger partial charge is 0.251 e. The van der Waals surface area contributed by atoms with E-state index in [-0.39, 0.29) is 22.9 Å². The van der Waals surface area contributed by atoms with Gasteiger partial charge in [0.05, 0.1) is 22.7 Å². The summed E-state index contributed by atoms with van der Waals surface area (Å²) in [6, 6.07) is 14.6. The molecular formula is C27H28N6O3S. The minimum Gasteiger partial charge on any atom is -0.368 e. The second kappa shape index (κ2) is 10.1. The van der Waals surface area contributed by atoms with E-state index in [2.05, 4.69) is 25.1 Å². The Balaban J connectivity index is 1.26. The highest BCUT2D eigenvalue weighted by Crippen LogP contribution is 2.22. The molecule has 0 radical (unpaired) electrons. The van der Waals surface area contributed by atoms with Gasteiger partial charge in [0.25, 0.3) is 5.91 Å². The Labute approximate surface area is 216 Å². The number of nitrogens with one attached hydrogen (secondary N) is 1. The Morgan fingerprint density at radius 3 is 2.43 bits per heavy atom. The molecule has 0 unspecified atom stereocenters. The number of nitrogens with zero attached hydrogens (tertiary/aromatic N) is 5. The zero-order chi connectivity index (χ0) is 26.0. The first-order valence-corrected chi connectivity index (χ1v) is 13.9. The third-order valence-corrected chi connectivity index (χ3v) is 7.77. The number of amides is 1. The molecule has 190 valence electrons. The predicted octanol–water partition coefficient (Wildman–Crippen LogP) is 2.99. The van der Waals surface area contributed by atoms with Crippen LogP contribution in [0.4, 0.5) is 11.5 Å². The van der Waals surface area contributed by atoms with Crippen LogP contribution in [0.5, 0.6) is 0 Å². The first-order chi connectivity index (χ1) is 17.8. The average molecular weight is 517 g/mol. The van der Waals surface area contributed by atoms with Gasteiger partial charge in [-0.2, -0.15) is 0 Å². The molecule has 1 fully saturated rings. The number of carbonyl (C=O) groups is 1. The van der Waals surface area contributed by atoms with Crippen LogP contribution in [0.3, 0.4) is 0 Å². The molecule has 10 heteroatoms. The van der Waals surface area contributed by atoms with Crippen molar-refractivity contribution in [3.05, 3.63) is 83.9 Å². The van der Waals surface area contributed by atoms with Gasteiger partial charge in [-0.1, -0.05) is 6.07 Å². The van der Waals surface area contributed by atoms with E-state index in [0.717, 1.165) is 49.2 Å². The summed E-state index contributed by atoms with van der Waals surface area (Å²) < 4.78 is 24.0. The van der Waals surface area contributed by atoms with Gasteiger partial charge in [0, 0.05) is 67.7 Å². The number of sulfone groups is 1. The van der Waals surface area contributed by atoms with Crippen LogP contribution < -0.4 is 15.1 Å². The van der Waals surface area contributed by atoms with Gasteiger partial charge in [-0.05, 0) is 55.0 Å². The van der Waals surface area contributed by atoms with E-state index in [0.29, 0.717) is 11.3 Å².